The normalized spacial score (nSPS) is 46.5. The van der Waals surface area contributed by atoms with E-state index in [1.54, 1.807) is 0 Å². The van der Waals surface area contributed by atoms with E-state index in [1.807, 2.05) is 6.92 Å². The van der Waals surface area contributed by atoms with Crippen molar-refractivity contribution in [2.75, 3.05) is 0 Å². The fraction of sp³-hybridized carbons (Fsp3) is 0.929. The lowest BCUT2D eigenvalue weighted by molar-refractivity contribution is -0.158. The largest absolute Gasteiger partial charge is 0.393 e. The average Bonchev–Trinajstić information content (AvgIpc) is 2.76. The fourth-order valence-corrected chi connectivity index (χ4v) is 7.97. The highest BCUT2D eigenvalue weighted by Crippen LogP contribution is 2.58. The van der Waals surface area contributed by atoms with Gasteiger partial charge in [-0.05, 0) is 67.6 Å². The second-order valence-electron chi connectivity index (χ2n) is 12.3. The van der Waals surface area contributed by atoms with Gasteiger partial charge in [-0.3, -0.25) is 9.59 Å². The summed E-state index contributed by atoms with van der Waals surface area (Å²) in [5.41, 5.74) is -0.176. The summed E-state index contributed by atoms with van der Waals surface area (Å²) >= 11 is 0. The molecule has 0 aliphatic heterocycles. The summed E-state index contributed by atoms with van der Waals surface area (Å²) in [6.45, 7) is 10.8. The van der Waals surface area contributed by atoms with Crippen LogP contribution < -0.4 is 0 Å². The first kappa shape index (κ1) is 25.9. The second-order valence-corrected chi connectivity index (χ2v) is 12.3. The maximum atomic E-state index is 12.4. The summed E-state index contributed by atoms with van der Waals surface area (Å²) in [4.78, 5) is 24.1. The smallest absolute Gasteiger partial charge is 0.139 e. The van der Waals surface area contributed by atoms with E-state index in [9.17, 15) is 19.8 Å². The first-order chi connectivity index (χ1) is 15.0. The molecule has 0 heterocycles. The molecule has 8 atom stereocenters. The van der Waals surface area contributed by atoms with Crippen molar-refractivity contribution >= 4 is 11.6 Å². The number of hydrogen-bond donors (Lipinski definition) is 2. The number of aliphatic hydroxyl groups is 2. The Balaban J connectivity index is 0.000000186. The van der Waals surface area contributed by atoms with Crippen LogP contribution in [0.1, 0.15) is 118 Å². The van der Waals surface area contributed by atoms with E-state index in [2.05, 4.69) is 27.7 Å². The summed E-state index contributed by atoms with van der Waals surface area (Å²) in [6, 6.07) is 0. The van der Waals surface area contributed by atoms with Crippen molar-refractivity contribution in [1.29, 1.82) is 0 Å². The number of Topliss-reactive ketones (excluding diaryl/α,β-unsaturated/α-hetero) is 2. The minimum absolute atomic E-state index is 0.0192. The van der Waals surface area contributed by atoms with Gasteiger partial charge in [-0.1, -0.05) is 60.3 Å². The van der Waals surface area contributed by atoms with Crippen LogP contribution in [0.2, 0.25) is 0 Å². The van der Waals surface area contributed by atoms with Gasteiger partial charge in [0.05, 0.1) is 12.2 Å². The van der Waals surface area contributed by atoms with Gasteiger partial charge >= 0.3 is 0 Å². The van der Waals surface area contributed by atoms with Gasteiger partial charge in [0.2, 0.25) is 0 Å². The third-order valence-electron chi connectivity index (χ3n) is 10.5. The topological polar surface area (TPSA) is 74.6 Å². The van der Waals surface area contributed by atoms with Crippen molar-refractivity contribution in [2.45, 2.75) is 130 Å². The predicted octanol–water partition coefficient (Wildman–Crippen LogP) is 5.87. The molecule has 2 N–H and O–H groups in total. The zero-order valence-electron chi connectivity index (χ0n) is 21.3. The fourth-order valence-electron chi connectivity index (χ4n) is 7.97. The van der Waals surface area contributed by atoms with Crippen LogP contribution in [-0.2, 0) is 9.59 Å². The van der Waals surface area contributed by atoms with Crippen molar-refractivity contribution in [1.82, 2.24) is 0 Å². The Morgan fingerprint density at radius 2 is 1.47 bits per heavy atom. The van der Waals surface area contributed by atoms with Crippen LogP contribution in [0.3, 0.4) is 0 Å². The Morgan fingerprint density at radius 3 is 2.12 bits per heavy atom. The zero-order valence-corrected chi connectivity index (χ0v) is 21.3. The molecule has 4 aliphatic rings. The van der Waals surface area contributed by atoms with Crippen LogP contribution in [0.25, 0.3) is 0 Å². The van der Waals surface area contributed by atoms with Gasteiger partial charge in [-0.2, -0.15) is 0 Å². The summed E-state index contributed by atoms with van der Waals surface area (Å²) in [5.74, 6) is 1.84. The molecule has 184 valence electrons. The summed E-state index contributed by atoms with van der Waals surface area (Å²) in [6.07, 6.45) is 12.3. The standard InChI is InChI=1S/C16H28O2.C12H20O2/c1-4-5-10-15(2)12-7-6-8-13(17)16(12,3)11-9-14(15)18;1-8-9-4-3-5-11(14)12(9,2)7-6-10(8)13/h12-13,17H,4-11H2,1-3H3;8-9,11,14H,3-7H2,1-2H3/t12?,13-,15?,16-;8?,9?,11-,12-/m00/s1. The van der Waals surface area contributed by atoms with Crippen LogP contribution in [0.4, 0.5) is 0 Å². The van der Waals surface area contributed by atoms with E-state index in [4.69, 9.17) is 0 Å². The molecule has 4 rings (SSSR count). The van der Waals surface area contributed by atoms with Crippen molar-refractivity contribution in [3.63, 3.8) is 0 Å². The molecular weight excluding hydrogens is 400 g/mol. The molecule has 0 radical (unpaired) electrons. The monoisotopic (exact) mass is 448 g/mol. The van der Waals surface area contributed by atoms with Gasteiger partial charge in [0.1, 0.15) is 11.6 Å². The minimum atomic E-state index is -0.203. The molecule has 32 heavy (non-hydrogen) atoms. The molecule has 0 aromatic carbocycles. The highest BCUT2D eigenvalue weighted by molar-refractivity contribution is 5.86. The van der Waals surface area contributed by atoms with E-state index in [1.165, 1.54) is 0 Å². The lowest BCUT2D eigenvalue weighted by atomic mass is 9.49. The number of unbranched alkanes of at least 4 members (excludes halogenated alkanes) is 1. The number of ketones is 2. The second kappa shape index (κ2) is 9.86. The molecule has 4 saturated carbocycles. The average molecular weight is 449 g/mol. The van der Waals surface area contributed by atoms with E-state index < -0.39 is 0 Å². The third kappa shape index (κ3) is 4.48. The molecule has 0 aromatic heterocycles. The highest BCUT2D eigenvalue weighted by Gasteiger charge is 2.56. The summed E-state index contributed by atoms with van der Waals surface area (Å²) in [5, 5.41) is 20.5. The van der Waals surface area contributed by atoms with Gasteiger partial charge < -0.3 is 10.2 Å². The maximum Gasteiger partial charge on any atom is 0.139 e. The SMILES string of the molecule is CC1C(=O)CC[C@@]2(C)C1CCC[C@@H]2O.CCCCC1(C)C(=O)CC[C@@]2(C)C1CCC[C@@H]2O. The molecular formula is C28H48O4. The highest BCUT2D eigenvalue weighted by atomic mass is 16.3. The zero-order chi connectivity index (χ0) is 23.7. The Bertz CT molecular complexity index is 689. The van der Waals surface area contributed by atoms with Gasteiger partial charge in [-0.25, -0.2) is 0 Å². The van der Waals surface area contributed by atoms with Gasteiger partial charge in [0.25, 0.3) is 0 Å². The Labute approximate surface area is 195 Å². The molecule has 4 nitrogen and oxygen atoms in total. The lowest BCUT2D eigenvalue weighted by Crippen LogP contribution is -2.55. The molecule has 0 bridgehead atoms. The van der Waals surface area contributed by atoms with Crippen molar-refractivity contribution in [3.8, 4) is 0 Å². The van der Waals surface area contributed by atoms with Crippen molar-refractivity contribution in [2.24, 2.45) is 34.0 Å². The van der Waals surface area contributed by atoms with Gasteiger partial charge in [0, 0.05) is 24.2 Å². The number of fused-ring (bicyclic) bond motifs is 2. The summed E-state index contributed by atoms with van der Waals surface area (Å²) < 4.78 is 0. The lowest BCUT2D eigenvalue weighted by Gasteiger charge is -2.56. The summed E-state index contributed by atoms with van der Waals surface area (Å²) in [7, 11) is 0. The Hall–Kier alpha value is -0.740. The molecule has 4 aliphatic carbocycles. The van der Waals surface area contributed by atoms with Gasteiger partial charge in [-0.15, -0.1) is 0 Å². The van der Waals surface area contributed by atoms with E-state index in [0.29, 0.717) is 36.2 Å². The molecule has 0 spiro atoms. The van der Waals surface area contributed by atoms with E-state index in [-0.39, 0.29) is 34.4 Å². The van der Waals surface area contributed by atoms with Crippen molar-refractivity contribution < 1.29 is 19.8 Å². The molecule has 4 fully saturated rings. The number of carbonyl (C=O) groups excluding carboxylic acids is 2. The third-order valence-corrected chi connectivity index (χ3v) is 10.5. The molecule has 0 aromatic rings. The Kier molecular flexibility index (Phi) is 7.97. The quantitative estimate of drug-likeness (QED) is 0.566. The minimum Gasteiger partial charge on any atom is -0.393 e. The van der Waals surface area contributed by atoms with Crippen LogP contribution in [0, 0.1) is 34.0 Å². The van der Waals surface area contributed by atoms with Crippen LogP contribution in [0.5, 0.6) is 0 Å². The number of aliphatic hydroxyl groups excluding tert-OH is 2. The maximum absolute atomic E-state index is 12.4. The Morgan fingerprint density at radius 1 is 0.875 bits per heavy atom. The number of hydrogen-bond acceptors (Lipinski definition) is 4. The number of rotatable bonds is 3. The van der Waals surface area contributed by atoms with E-state index >= 15 is 0 Å². The molecule has 4 heteroatoms. The van der Waals surface area contributed by atoms with Crippen LogP contribution >= 0.6 is 0 Å². The first-order valence-electron chi connectivity index (χ1n) is 13.4. The predicted molar refractivity (Wildman–Crippen MR) is 128 cm³/mol. The molecule has 0 saturated heterocycles. The van der Waals surface area contributed by atoms with E-state index in [0.717, 1.165) is 70.6 Å². The van der Waals surface area contributed by atoms with Crippen molar-refractivity contribution in [3.05, 3.63) is 0 Å². The van der Waals surface area contributed by atoms with Crippen LogP contribution in [0.15, 0.2) is 0 Å². The molecule has 4 unspecified atom stereocenters. The van der Waals surface area contributed by atoms with Crippen LogP contribution in [-0.4, -0.2) is 34.0 Å². The first-order valence-corrected chi connectivity index (χ1v) is 13.4. The molecule has 0 amide bonds. The van der Waals surface area contributed by atoms with Gasteiger partial charge in [0.15, 0.2) is 0 Å². The number of carbonyl (C=O) groups is 2.